The molecule has 0 saturated carbocycles. The molecule has 104 valence electrons. The predicted octanol–water partition coefficient (Wildman–Crippen LogP) is 1.36. The number of thioether (sulfide) groups is 1. The van der Waals surface area contributed by atoms with Gasteiger partial charge in [0.2, 0.25) is 0 Å². The van der Waals surface area contributed by atoms with Crippen LogP contribution in [0.2, 0.25) is 0 Å². The molecule has 0 aliphatic carbocycles. The molecule has 1 aromatic heterocycles. The van der Waals surface area contributed by atoms with Gasteiger partial charge in [-0.1, -0.05) is 48.2 Å². The molecule has 20 heavy (non-hydrogen) atoms. The van der Waals surface area contributed by atoms with E-state index in [4.69, 9.17) is 0 Å². The van der Waals surface area contributed by atoms with E-state index in [-0.39, 0.29) is 0 Å². The highest BCUT2D eigenvalue weighted by Crippen LogP contribution is 2.26. The predicted molar refractivity (Wildman–Crippen MR) is 76.0 cm³/mol. The first-order chi connectivity index (χ1) is 9.63. The summed E-state index contributed by atoms with van der Waals surface area (Å²) in [6, 6.07) is 9.61. The molecule has 1 atom stereocenters. The molecule has 0 aliphatic heterocycles. The number of carbonyl (C=O) groups excluding carboxylic acids is 1. The van der Waals surface area contributed by atoms with Crippen LogP contribution in [0.25, 0.3) is 11.4 Å². The fraction of sp³-hybridized carbons (Fsp3) is 0.214. The lowest BCUT2D eigenvalue weighted by atomic mass is 10.2. The Hall–Kier alpha value is -2.08. The number of carboxylic acid groups (broad SMARTS) is 1. The van der Waals surface area contributed by atoms with Crippen LogP contribution < -0.4 is 5.11 Å². The van der Waals surface area contributed by atoms with E-state index in [2.05, 4.69) is 16.8 Å². The molecule has 0 bridgehead atoms. The van der Waals surface area contributed by atoms with E-state index in [0.717, 1.165) is 17.3 Å². The van der Waals surface area contributed by atoms with E-state index in [1.54, 1.807) is 13.0 Å². The third-order valence-corrected chi connectivity index (χ3v) is 3.73. The van der Waals surface area contributed by atoms with Crippen LogP contribution >= 0.6 is 11.8 Å². The number of rotatable bonds is 6. The van der Waals surface area contributed by atoms with Crippen LogP contribution in [0.5, 0.6) is 0 Å². The first-order valence-corrected chi connectivity index (χ1v) is 6.98. The number of benzene rings is 1. The fourth-order valence-corrected chi connectivity index (χ4v) is 2.47. The molecule has 1 heterocycles. The van der Waals surface area contributed by atoms with Gasteiger partial charge in [0.05, 0.1) is 5.97 Å². The molecule has 0 radical (unpaired) electrons. The van der Waals surface area contributed by atoms with Crippen molar-refractivity contribution in [2.45, 2.75) is 23.9 Å². The van der Waals surface area contributed by atoms with E-state index >= 15 is 0 Å². The number of hydrogen-bond acceptors (Lipinski definition) is 5. The number of nitrogens with zero attached hydrogens (tertiary/aromatic N) is 3. The quantitative estimate of drug-likeness (QED) is 0.593. The largest absolute Gasteiger partial charge is 0.549 e. The van der Waals surface area contributed by atoms with Crippen molar-refractivity contribution in [3.8, 4) is 11.4 Å². The maximum atomic E-state index is 10.8. The second-order valence-electron chi connectivity index (χ2n) is 4.15. The molecule has 0 unspecified atom stereocenters. The highest BCUT2D eigenvalue weighted by Gasteiger charge is 2.16. The van der Waals surface area contributed by atoms with Gasteiger partial charge in [0, 0.05) is 17.4 Å². The maximum absolute atomic E-state index is 10.8. The summed E-state index contributed by atoms with van der Waals surface area (Å²) in [5.74, 6) is -0.428. The Labute approximate surface area is 121 Å². The third kappa shape index (κ3) is 3.08. The number of carbonyl (C=O) groups is 1. The van der Waals surface area contributed by atoms with Crippen molar-refractivity contribution in [3.05, 3.63) is 43.0 Å². The molecule has 0 amide bonds. The lowest BCUT2D eigenvalue weighted by Crippen LogP contribution is -2.31. The van der Waals surface area contributed by atoms with Crippen molar-refractivity contribution in [1.29, 1.82) is 0 Å². The summed E-state index contributed by atoms with van der Waals surface area (Å²) in [6.45, 7) is 5.79. The van der Waals surface area contributed by atoms with Gasteiger partial charge in [-0.15, -0.1) is 16.8 Å². The SMILES string of the molecule is C=CCn1c(S[C@H](C)C(=O)[O-])nnc1-c1ccccc1. The van der Waals surface area contributed by atoms with Gasteiger partial charge in [0.25, 0.3) is 0 Å². The second kappa shape index (κ2) is 6.38. The molecule has 1 aromatic carbocycles. The van der Waals surface area contributed by atoms with Crippen molar-refractivity contribution in [1.82, 2.24) is 14.8 Å². The highest BCUT2D eigenvalue weighted by molar-refractivity contribution is 8.00. The van der Waals surface area contributed by atoms with E-state index < -0.39 is 11.2 Å². The Kier molecular flexibility index (Phi) is 4.57. The van der Waals surface area contributed by atoms with Crippen molar-refractivity contribution >= 4 is 17.7 Å². The summed E-state index contributed by atoms with van der Waals surface area (Å²) in [6.07, 6.45) is 1.73. The summed E-state index contributed by atoms with van der Waals surface area (Å²) in [5.41, 5.74) is 0.926. The van der Waals surface area contributed by atoms with E-state index in [9.17, 15) is 9.90 Å². The van der Waals surface area contributed by atoms with Gasteiger partial charge in [0.15, 0.2) is 11.0 Å². The Morgan fingerprint density at radius 2 is 2.15 bits per heavy atom. The zero-order valence-corrected chi connectivity index (χ0v) is 11.8. The molecular weight excluding hydrogens is 274 g/mol. The number of aromatic nitrogens is 3. The molecule has 0 spiro atoms. The Morgan fingerprint density at radius 1 is 1.45 bits per heavy atom. The summed E-state index contributed by atoms with van der Waals surface area (Å²) in [4.78, 5) is 10.8. The van der Waals surface area contributed by atoms with Gasteiger partial charge in [-0.3, -0.25) is 4.57 Å². The minimum absolute atomic E-state index is 0.513. The highest BCUT2D eigenvalue weighted by atomic mass is 32.2. The fourth-order valence-electron chi connectivity index (χ4n) is 1.68. The molecule has 2 rings (SSSR count). The summed E-state index contributed by atoms with van der Waals surface area (Å²) in [7, 11) is 0. The summed E-state index contributed by atoms with van der Waals surface area (Å²) in [5, 5.41) is 18.9. The smallest absolute Gasteiger partial charge is 0.192 e. The van der Waals surface area contributed by atoms with E-state index in [0.29, 0.717) is 17.5 Å². The Bertz CT molecular complexity index is 610. The zero-order valence-electron chi connectivity index (χ0n) is 11.0. The minimum atomic E-state index is -1.12. The molecule has 5 nitrogen and oxygen atoms in total. The molecule has 6 heteroatoms. The van der Waals surface area contributed by atoms with Gasteiger partial charge in [-0.2, -0.15) is 0 Å². The molecule has 2 aromatic rings. The average molecular weight is 288 g/mol. The van der Waals surface area contributed by atoms with E-state index in [1.807, 2.05) is 34.9 Å². The number of hydrogen-bond donors (Lipinski definition) is 0. The first kappa shape index (κ1) is 14.3. The average Bonchev–Trinajstić information content (AvgIpc) is 2.83. The number of aliphatic carboxylic acids is 1. The van der Waals surface area contributed by atoms with Crippen molar-refractivity contribution in [2.24, 2.45) is 0 Å². The van der Waals surface area contributed by atoms with Crippen molar-refractivity contribution in [3.63, 3.8) is 0 Å². The van der Waals surface area contributed by atoms with Gasteiger partial charge in [-0.25, -0.2) is 0 Å². The van der Waals surface area contributed by atoms with Gasteiger partial charge in [-0.05, 0) is 6.92 Å². The zero-order chi connectivity index (χ0) is 14.5. The van der Waals surface area contributed by atoms with Crippen molar-refractivity contribution in [2.75, 3.05) is 0 Å². The maximum Gasteiger partial charge on any atom is 0.192 e. The number of carboxylic acids is 1. The topological polar surface area (TPSA) is 70.8 Å². The van der Waals surface area contributed by atoms with E-state index in [1.165, 1.54) is 0 Å². The Balaban J connectivity index is 2.37. The number of allylic oxidation sites excluding steroid dienone is 1. The molecular formula is C14H14N3O2S-. The summed E-state index contributed by atoms with van der Waals surface area (Å²) >= 11 is 1.11. The van der Waals surface area contributed by atoms with Gasteiger partial charge >= 0.3 is 0 Å². The van der Waals surface area contributed by atoms with Crippen LogP contribution in [0.1, 0.15) is 6.92 Å². The molecule has 0 N–H and O–H groups in total. The standard InChI is InChI=1S/C14H15N3O2S/c1-3-9-17-12(11-7-5-4-6-8-11)15-16-14(17)20-10(2)13(18)19/h3-8,10H,1,9H2,2H3,(H,18,19)/p-1/t10-/m1/s1. The molecule has 0 fully saturated rings. The van der Waals surface area contributed by atoms with Crippen LogP contribution in [0.15, 0.2) is 48.1 Å². The first-order valence-electron chi connectivity index (χ1n) is 6.10. The monoisotopic (exact) mass is 288 g/mol. The van der Waals surface area contributed by atoms with Gasteiger partial charge < -0.3 is 9.90 Å². The van der Waals surface area contributed by atoms with Crippen LogP contribution in [-0.2, 0) is 11.3 Å². The van der Waals surface area contributed by atoms with Crippen LogP contribution in [0.3, 0.4) is 0 Å². The lowest BCUT2D eigenvalue weighted by molar-refractivity contribution is -0.304. The van der Waals surface area contributed by atoms with Gasteiger partial charge in [0.1, 0.15) is 0 Å². The third-order valence-electron chi connectivity index (χ3n) is 2.67. The normalized spacial score (nSPS) is 12.1. The molecule has 0 saturated heterocycles. The van der Waals surface area contributed by atoms with Crippen LogP contribution in [0, 0.1) is 0 Å². The molecule has 0 aliphatic rings. The lowest BCUT2D eigenvalue weighted by Gasteiger charge is -2.12. The van der Waals surface area contributed by atoms with Crippen LogP contribution in [-0.4, -0.2) is 26.0 Å². The Morgan fingerprint density at radius 3 is 2.75 bits per heavy atom. The second-order valence-corrected chi connectivity index (χ2v) is 5.46. The summed E-state index contributed by atoms with van der Waals surface area (Å²) < 4.78 is 1.84. The minimum Gasteiger partial charge on any atom is -0.549 e. The van der Waals surface area contributed by atoms with Crippen molar-refractivity contribution < 1.29 is 9.90 Å². The van der Waals surface area contributed by atoms with Crippen LogP contribution in [0.4, 0.5) is 0 Å².